The van der Waals surface area contributed by atoms with E-state index >= 15 is 0 Å². The minimum atomic E-state index is -0.170. The summed E-state index contributed by atoms with van der Waals surface area (Å²) < 4.78 is 5.85. The van der Waals surface area contributed by atoms with E-state index in [9.17, 15) is 4.79 Å². The fraction of sp³-hybridized carbons (Fsp3) is 0.562. The van der Waals surface area contributed by atoms with Crippen molar-refractivity contribution in [2.45, 2.75) is 31.9 Å². The molecule has 0 aromatic heterocycles. The minimum Gasteiger partial charge on any atom is -0.362 e. The van der Waals surface area contributed by atoms with Crippen molar-refractivity contribution in [1.29, 1.82) is 0 Å². The number of benzene rings is 1. The molecule has 4 nitrogen and oxygen atoms in total. The molecule has 1 amide bonds. The van der Waals surface area contributed by atoms with Crippen LogP contribution in [0.1, 0.15) is 24.0 Å². The highest BCUT2D eigenvalue weighted by Gasteiger charge is 2.40. The number of ether oxygens (including phenoxy) is 1. The Kier molecular flexibility index (Phi) is 3.76. The van der Waals surface area contributed by atoms with Gasteiger partial charge in [-0.25, -0.2) is 0 Å². The minimum absolute atomic E-state index is 0.0989. The number of nitrogens with one attached hydrogen (secondary N) is 1. The first-order valence-electron chi connectivity index (χ1n) is 7.35. The number of rotatable bonds is 2. The maximum atomic E-state index is 12.1. The summed E-state index contributed by atoms with van der Waals surface area (Å²) in [7, 11) is 0. The smallest absolute Gasteiger partial charge is 0.249 e. The van der Waals surface area contributed by atoms with Gasteiger partial charge in [0.15, 0.2) is 0 Å². The average Bonchev–Trinajstić information content (AvgIpc) is 2.47. The van der Waals surface area contributed by atoms with Crippen LogP contribution in [-0.4, -0.2) is 42.6 Å². The van der Waals surface area contributed by atoms with Crippen molar-refractivity contribution in [2.24, 2.45) is 0 Å². The van der Waals surface area contributed by atoms with Crippen LogP contribution in [0.15, 0.2) is 24.3 Å². The van der Waals surface area contributed by atoms with Gasteiger partial charge in [0, 0.05) is 13.1 Å². The number of carbonyl (C=O) groups is 1. The Bertz CT molecular complexity index is 478. The normalized spacial score (nSPS) is 27.1. The van der Waals surface area contributed by atoms with E-state index in [4.69, 9.17) is 4.74 Å². The van der Waals surface area contributed by atoms with Crippen LogP contribution in [0, 0.1) is 6.92 Å². The highest BCUT2D eigenvalue weighted by Crippen LogP contribution is 2.26. The Labute approximate surface area is 120 Å². The highest BCUT2D eigenvalue weighted by atomic mass is 16.5. The molecule has 2 aliphatic rings. The van der Waals surface area contributed by atoms with Gasteiger partial charge in [-0.1, -0.05) is 29.8 Å². The van der Waals surface area contributed by atoms with E-state index in [0.29, 0.717) is 13.1 Å². The lowest BCUT2D eigenvalue weighted by Gasteiger charge is -2.44. The van der Waals surface area contributed by atoms with E-state index < -0.39 is 0 Å². The standard InChI is InChI=1S/C16H22N2O2/c1-13-3-5-14(6-4-13)9-18-12-16(20-10-15(18)19)7-2-8-17-11-16/h3-6,17H,2,7-12H2,1H3. The van der Waals surface area contributed by atoms with Gasteiger partial charge in [-0.2, -0.15) is 0 Å². The molecule has 2 fully saturated rings. The van der Waals surface area contributed by atoms with E-state index in [1.807, 2.05) is 4.90 Å². The molecule has 2 aliphatic heterocycles. The van der Waals surface area contributed by atoms with Gasteiger partial charge in [-0.3, -0.25) is 4.79 Å². The van der Waals surface area contributed by atoms with Gasteiger partial charge in [0.1, 0.15) is 6.61 Å². The first-order chi connectivity index (χ1) is 9.67. The van der Waals surface area contributed by atoms with Gasteiger partial charge in [-0.15, -0.1) is 0 Å². The average molecular weight is 274 g/mol. The first kappa shape index (κ1) is 13.6. The Balaban J connectivity index is 1.70. The molecule has 0 saturated carbocycles. The third-order valence-corrected chi connectivity index (χ3v) is 4.26. The summed E-state index contributed by atoms with van der Waals surface area (Å²) in [6.45, 7) is 5.58. The summed E-state index contributed by atoms with van der Waals surface area (Å²) in [6, 6.07) is 8.39. The van der Waals surface area contributed by atoms with Gasteiger partial charge in [0.25, 0.3) is 0 Å². The van der Waals surface area contributed by atoms with E-state index in [1.165, 1.54) is 11.1 Å². The van der Waals surface area contributed by atoms with Crippen molar-refractivity contribution in [2.75, 3.05) is 26.2 Å². The molecule has 0 aliphatic carbocycles. The van der Waals surface area contributed by atoms with Crippen LogP contribution < -0.4 is 5.32 Å². The lowest BCUT2D eigenvalue weighted by atomic mass is 9.91. The van der Waals surface area contributed by atoms with Gasteiger partial charge >= 0.3 is 0 Å². The van der Waals surface area contributed by atoms with Crippen molar-refractivity contribution in [3.8, 4) is 0 Å². The predicted molar refractivity (Wildman–Crippen MR) is 77.4 cm³/mol. The molecule has 2 saturated heterocycles. The van der Waals surface area contributed by atoms with Crippen LogP contribution in [0.5, 0.6) is 0 Å². The fourth-order valence-electron chi connectivity index (χ4n) is 3.04. The zero-order valence-electron chi connectivity index (χ0n) is 12.0. The monoisotopic (exact) mass is 274 g/mol. The molecule has 0 radical (unpaired) electrons. The second-order valence-corrected chi connectivity index (χ2v) is 5.99. The van der Waals surface area contributed by atoms with E-state index in [1.54, 1.807) is 0 Å². The molecular formula is C16H22N2O2. The van der Waals surface area contributed by atoms with Crippen molar-refractivity contribution < 1.29 is 9.53 Å². The summed E-state index contributed by atoms with van der Waals surface area (Å²) in [5, 5.41) is 3.39. The number of hydrogen-bond donors (Lipinski definition) is 1. The quantitative estimate of drug-likeness (QED) is 0.888. The summed E-state index contributed by atoms with van der Waals surface area (Å²) in [5.41, 5.74) is 2.26. The van der Waals surface area contributed by atoms with Crippen molar-refractivity contribution >= 4 is 5.91 Å². The van der Waals surface area contributed by atoms with Crippen LogP contribution in [0.4, 0.5) is 0 Å². The number of carbonyl (C=O) groups excluding carboxylic acids is 1. The predicted octanol–water partition coefficient (Wildman–Crippen LogP) is 1.48. The molecule has 0 bridgehead atoms. The van der Waals surface area contributed by atoms with Crippen LogP contribution >= 0.6 is 0 Å². The summed E-state index contributed by atoms with van der Waals surface area (Å²) in [6.07, 6.45) is 2.16. The Morgan fingerprint density at radius 2 is 2.15 bits per heavy atom. The Morgan fingerprint density at radius 1 is 1.35 bits per heavy atom. The molecule has 1 aromatic carbocycles. The van der Waals surface area contributed by atoms with Gasteiger partial charge in [-0.05, 0) is 31.9 Å². The van der Waals surface area contributed by atoms with Crippen molar-refractivity contribution in [3.63, 3.8) is 0 Å². The summed E-state index contributed by atoms with van der Waals surface area (Å²) in [4.78, 5) is 14.0. The lowest BCUT2D eigenvalue weighted by Crippen LogP contribution is -2.60. The third kappa shape index (κ3) is 2.86. The molecule has 108 valence electrons. The first-order valence-corrected chi connectivity index (χ1v) is 7.35. The number of nitrogens with zero attached hydrogens (tertiary/aromatic N) is 1. The number of aryl methyl sites for hydroxylation is 1. The molecule has 4 heteroatoms. The Morgan fingerprint density at radius 3 is 2.85 bits per heavy atom. The molecular weight excluding hydrogens is 252 g/mol. The lowest BCUT2D eigenvalue weighted by molar-refractivity contribution is -0.167. The van der Waals surface area contributed by atoms with Crippen molar-refractivity contribution in [1.82, 2.24) is 10.2 Å². The fourth-order valence-corrected chi connectivity index (χ4v) is 3.04. The zero-order valence-corrected chi connectivity index (χ0v) is 12.0. The zero-order chi connectivity index (χ0) is 14.0. The summed E-state index contributed by atoms with van der Waals surface area (Å²) >= 11 is 0. The SMILES string of the molecule is Cc1ccc(CN2CC3(CCCNC3)OCC2=O)cc1. The topological polar surface area (TPSA) is 41.6 Å². The number of amides is 1. The number of hydrogen-bond acceptors (Lipinski definition) is 3. The van der Waals surface area contributed by atoms with Gasteiger partial charge in [0.05, 0.1) is 12.1 Å². The maximum absolute atomic E-state index is 12.1. The number of piperidine rings is 1. The largest absolute Gasteiger partial charge is 0.362 e. The molecule has 1 aromatic rings. The molecule has 1 atom stereocenters. The second-order valence-electron chi connectivity index (χ2n) is 5.99. The van der Waals surface area contributed by atoms with Crippen LogP contribution in [-0.2, 0) is 16.1 Å². The molecule has 1 unspecified atom stereocenters. The van der Waals surface area contributed by atoms with E-state index in [0.717, 1.165) is 25.9 Å². The van der Waals surface area contributed by atoms with Crippen LogP contribution in [0.2, 0.25) is 0 Å². The molecule has 1 N–H and O–H groups in total. The Hall–Kier alpha value is -1.39. The molecule has 3 rings (SSSR count). The second kappa shape index (κ2) is 5.54. The van der Waals surface area contributed by atoms with Gasteiger partial charge < -0.3 is 15.0 Å². The van der Waals surface area contributed by atoms with Gasteiger partial charge in [0.2, 0.25) is 5.91 Å². The molecule has 2 heterocycles. The van der Waals surface area contributed by atoms with Crippen LogP contribution in [0.3, 0.4) is 0 Å². The molecule has 1 spiro atoms. The summed E-state index contributed by atoms with van der Waals surface area (Å²) in [5.74, 6) is 0.0989. The van der Waals surface area contributed by atoms with E-state index in [-0.39, 0.29) is 18.1 Å². The van der Waals surface area contributed by atoms with Crippen molar-refractivity contribution in [3.05, 3.63) is 35.4 Å². The van der Waals surface area contributed by atoms with E-state index in [2.05, 4.69) is 36.5 Å². The number of morpholine rings is 1. The molecule has 20 heavy (non-hydrogen) atoms. The highest BCUT2D eigenvalue weighted by molar-refractivity contribution is 5.78. The van der Waals surface area contributed by atoms with Crippen LogP contribution in [0.25, 0.3) is 0 Å². The maximum Gasteiger partial charge on any atom is 0.249 e. The third-order valence-electron chi connectivity index (χ3n) is 4.26.